The Morgan fingerprint density at radius 1 is 1.16 bits per heavy atom. The molecule has 8 heteroatoms. The normalized spacial score (nSPS) is 15.3. The molecule has 130 valence electrons. The predicted octanol–water partition coefficient (Wildman–Crippen LogP) is 3.59. The van der Waals surface area contributed by atoms with Crippen LogP contribution < -0.4 is 5.32 Å². The van der Waals surface area contributed by atoms with Gasteiger partial charge < -0.3 is 5.32 Å². The summed E-state index contributed by atoms with van der Waals surface area (Å²) in [5.41, 5.74) is 1.27. The van der Waals surface area contributed by atoms with E-state index in [0.29, 0.717) is 17.2 Å². The molecule has 25 heavy (non-hydrogen) atoms. The van der Waals surface area contributed by atoms with Gasteiger partial charge in [0.1, 0.15) is 5.82 Å². The minimum absolute atomic E-state index is 0.0216. The summed E-state index contributed by atoms with van der Waals surface area (Å²) in [5.74, 6) is 0.581. The molecule has 6 nitrogen and oxygen atoms in total. The molecular formula is C17H17ClN4O2S. The maximum Gasteiger partial charge on any atom is 0.269 e. The first kappa shape index (κ1) is 16.4. The van der Waals surface area contributed by atoms with E-state index in [9.17, 15) is 8.42 Å². The van der Waals surface area contributed by atoms with Crippen LogP contribution in [0.3, 0.4) is 0 Å². The third-order valence-electron chi connectivity index (χ3n) is 4.51. The highest BCUT2D eigenvalue weighted by molar-refractivity contribution is 7.90. The van der Waals surface area contributed by atoms with Crippen molar-refractivity contribution in [3.63, 3.8) is 0 Å². The van der Waals surface area contributed by atoms with Crippen molar-refractivity contribution in [1.82, 2.24) is 13.9 Å². The fourth-order valence-corrected chi connectivity index (χ4v) is 4.30. The lowest BCUT2D eigenvalue weighted by atomic mass is 9.93. The molecule has 0 saturated heterocycles. The molecule has 1 aliphatic carbocycles. The molecule has 2 aromatic heterocycles. The van der Waals surface area contributed by atoms with Crippen LogP contribution in [-0.2, 0) is 10.0 Å². The van der Waals surface area contributed by atoms with Crippen molar-refractivity contribution in [2.75, 3.05) is 5.32 Å². The Morgan fingerprint density at radius 2 is 1.88 bits per heavy atom. The summed E-state index contributed by atoms with van der Waals surface area (Å²) < 4.78 is 27.1. The van der Waals surface area contributed by atoms with Crippen LogP contribution in [0.25, 0.3) is 11.0 Å². The van der Waals surface area contributed by atoms with E-state index < -0.39 is 10.0 Å². The first-order chi connectivity index (χ1) is 11.9. The van der Waals surface area contributed by atoms with Gasteiger partial charge in [-0.15, -0.1) is 0 Å². The number of hydrogen-bond acceptors (Lipinski definition) is 5. The van der Waals surface area contributed by atoms with Crippen LogP contribution in [0, 0.1) is 6.92 Å². The second kappa shape index (κ2) is 6.00. The van der Waals surface area contributed by atoms with Crippen molar-refractivity contribution >= 4 is 38.5 Å². The van der Waals surface area contributed by atoms with Crippen molar-refractivity contribution in [1.29, 1.82) is 0 Å². The molecule has 0 unspecified atom stereocenters. The van der Waals surface area contributed by atoms with E-state index in [1.54, 1.807) is 30.3 Å². The van der Waals surface area contributed by atoms with Gasteiger partial charge in [-0.3, -0.25) is 0 Å². The minimum Gasteiger partial charge on any atom is -0.367 e. The van der Waals surface area contributed by atoms with E-state index >= 15 is 0 Å². The van der Waals surface area contributed by atoms with E-state index in [4.69, 9.17) is 11.6 Å². The highest BCUT2D eigenvalue weighted by Crippen LogP contribution is 2.30. The van der Waals surface area contributed by atoms with Gasteiger partial charge in [-0.05, 0) is 56.0 Å². The van der Waals surface area contributed by atoms with Crippen molar-refractivity contribution < 1.29 is 8.42 Å². The highest BCUT2D eigenvalue weighted by atomic mass is 35.5. The minimum atomic E-state index is -3.75. The number of aromatic nitrogens is 3. The Morgan fingerprint density at radius 3 is 2.52 bits per heavy atom. The van der Waals surface area contributed by atoms with Gasteiger partial charge in [-0.1, -0.05) is 17.7 Å². The van der Waals surface area contributed by atoms with Crippen LogP contribution in [-0.4, -0.2) is 28.4 Å². The molecule has 1 aliphatic rings. The first-order valence-corrected chi connectivity index (χ1v) is 9.90. The number of aryl methyl sites for hydroxylation is 1. The molecule has 1 N–H and O–H groups in total. The summed E-state index contributed by atoms with van der Waals surface area (Å²) >= 11 is 6.04. The molecule has 3 aromatic rings. The average molecular weight is 377 g/mol. The molecule has 1 saturated carbocycles. The van der Waals surface area contributed by atoms with Gasteiger partial charge in [0, 0.05) is 12.2 Å². The number of rotatable bonds is 4. The fraction of sp³-hybridized carbons (Fsp3) is 0.294. The Bertz CT molecular complexity index is 1040. The van der Waals surface area contributed by atoms with Crippen molar-refractivity contribution in [3.8, 4) is 0 Å². The number of hydrogen-bond donors (Lipinski definition) is 1. The van der Waals surface area contributed by atoms with E-state index in [2.05, 4.69) is 15.3 Å². The predicted molar refractivity (Wildman–Crippen MR) is 97.6 cm³/mol. The van der Waals surface area contributed by atoms with Crippen molar-refractivity contribution in [3.05, 3.63) is 47.4 Å². The van der Waals surface area contributed by atoms with Gasteiger partial charge in [0.25, 0.3) is 10.0 Å². The van der Waals surface area contributed by atoms with Crippen LogP contribution in [0.2, 0.25) is 5.28 Å². The van der Waals surface area contributed by atoms with E-state index in [1.165, 1.54) is 12.6 Å². The number of nitrogens with zero attached hydrogens (tertiary/aromatic N) is 3. The number of anilines is 1. The summed E-state index contributed by atoms with van der Waals surface area (Å²) in [6.45, 7) is 1.91. The highest BCUT2D eigenvalue weighted by Gasteiger charge is 2.24. The van der Waals surface area contributed by atoms with Gasteiger partial charge in [0.05, 0.1) is 10.3 Å². The quantitative estimate of drug-likeness (QED) is 0.704. The maximum atomic E-state index is 13.0. The molecule has 0 bridgehead atoms. The van der Waals surface area contributed by atoms with Crippen LogP contribution in [0.1, 0.15) is 24.8 Å². The maximum absolute atomic E-state index is 13.0. The Labute approximate surface area is 150 Å². The average Bonchev–Trinajstić information content (AvgIpc) is 2.95. The zero-order chi connectivity index (χ0) is 17.6. The largest absolute Gasteiger partial charge is 0.367 e. The third-order valence-corrected chi connectivity index (χ3v) is 6.36. The first-order valence-electron chi connectivity index (χ1n) is 8.08. The molecule has 0 aliphatic heterocycles. The third kappa shape index (κ3) is 2.87. The molecule has 0 amide bonds. The molecule has 0 spiro atoms. The fourth-order valence-electron chi connectivity index (χ4n) is 2.84. The summed E-state index contributed by atoms with van der Waals surface area (Å²) in [6, 6.07) is 8.78. The molecular weight excluding hydrogens is 360 g/mol. The number of nitrogens with one attached hydrogen (secondary N) is 1. The van der Waals surface area contributed by atoms with Crippen LogP contribution in [0.15, 0.2) is 41.4 Å². The van der Waals surface area contributed by atoms with Crippen LogP contribution in [0.4, 0.5) is 5.82 Å². The van der Waals surface area contributed by atoms with Crippen LogP contribution in [0.5, 0.6) is 0 Å². The van der Waals surface area contributed by atoms with Gasteiger partial charge >= 0.3 is 0 Å². The molecule has 2 heterocycles. The van der Waals surface area contributed by atoms with E-state index in [-0.39, 0.29) is 15.8 Å². The number of benzene rings is 1. The summed E-state index contributed by atoms with van der Waals surface area (Å²) in [7, 11) is -3.75. The lowest BCUT2D eigenvalue weighted by Gasteiger charge is -2.27. The molecule has 1 aromatic carbocycles. The monoisotopic (exact) mass is 376 g/mol. The lowest BCUT2D eigenvalue weighted by Crippen LogP contribution is -2.27. The van der Waals surface area contributed by atoms with Crippen molar-refractivity contribution in [2.24, 2.45) is 0 Å². The summed E-state index contributed by atoms with van der Waals surface area (Å²) in [6.07, 6.45) is 4.83. The van der Waals surface area contributed by atoms with Gasteiger partial charge in [-0.2, -0.15) is 4.98 Å². The van der Waals surface area contributed by atoms with Gasteiger partial charge in [-0.25, -0.2) is 17.4 Å². The molecule has 0 radical (unpaired) electrons. The standard InChI is InChI=1S/C17H17ClN4O2S/c1-11-5-7-13(8-6-11)25(23,24)22-10-9-14-15(19-12-3-2-4-12)20-17(18)21-16(14)22/h5-10,12H,2-4H2,1H3,(H,19,20,21). The summed E-state index contributed by atoms with van der Waals surface area (Å²) in [4.78, 5) is 8.60. The molecule has 0 atom stereocenters. The molecule has 4 rings (SSSR count). The van der Waals surface area contributed by atoms with Crippen LogP contribution >= 0.6 is 11.6 Å². The number of fused-ring (bicyclic) bond motifs is 1. The summed E-state index contributed by atoms with van der Waals surface area (Å²) in [5, 5.41) is 4.00. The SMILES string of the molecule is Cc1ccc(S(=O)(=O)n2ccc3c(NC4CCC4)nc(Cl)nc32)cc1. The topological polar surface area (TPSA) is 76.9 Å². The second-order valence-electron chi connectivity index (χ2n) is 6.28. The van der Waals surface area contributed by atoms with E-state index in [0.717, 1.165) is 22.4 Å². The Kier molecular flexibility index (Phi) is 3.92. The van der Waals surface area contributed by atoms with Gasteiger partial charge in [0.2, 0.25) is 5.28 Å². The smallest absolute Gasteiger partial charge is 0.269 e. The van der Waals surface area contributed by atoms with E-state index in [1.807, 2.05) is 6.92 Å². The Hall–Kier alpha value is -2.12. The lowest BCUT2D eigenvalue weighted by molar-refractivity contribution is 0.445. The zero-order valence-corrected chi connectivity index (χ0v) is 15.2. The second-order valence-corrected chi connectivity index (χ2v) is 8.43. The number of halogens is 1. The zero-order valence-electron chi connectivity index (χ0n) is 13.6. The van der Waals surface area contributed by atoms with Crippen molar-refractivity contribution in [2.45, 2.75) is 37.1 Å². The Balaban J connectivity index is 1.83. The van der Waals surface area contributed by atoms with Gasteiger partial charge in [0.15, 0.2) is 5.65 Å². The molecule has 1 fully saturated rings.